The number of hydrogen-bond acceptors (Lipinski definition) is 4. The molecule has 1 aromatic rings. The van der Waals surface area contributed by atoms with Crippen LogP contribution < -0.4 is 0 Å². The van der Waals surface area contributed by atoms with Crippen LogP contribution >= 0.6 is 11.6 Å². The lowest BCUT2D eigenvalue weighted by atomic mass is 10.1. The van der Waals surface area contributed by atoms with Crippen molar-refractivity contribution in [1.29, 1.82) is 0 Å². The number of nitrogens with zero attached hydrogens (tertiary/aromatic N) is 4. The van der Waals surface area contributed by atoms with E-state index in [1.807, 2.05) is 0 Å². The van der Waals surface area contributed by atoms with E-state index >= 15 is 0 Å². The molecule has 7 heteroatoms. The Hall–Kier alpha value is -1.33. The molecule has 0 saturated carbocycles. The number of aromatic nitrogens is 1. The highest BCUT2D eigenvalue weighted by Crippen LogP contribution is 2.19. The first kappa shape index (κ1) is 11.7. The van der Waals surface area contributed by atoms with Crippen LogP contribution in [-0.2, 0) is 0 Å². The van der Waals surface area contributed by atoms with E-state index in [2.05, 4.69) is 15.0 Å². The molecule has 1 heterocycles. The van der Waals surface area contributed by atoms with Crippen LogP contribution in [-0.4, -0.2) is 27.8 Å². The summed E-state index contributed by atoms with van der Waals surface area (Å²) < 4.78 is 0. The van der Waals surface area contributed by atoms with Crippen molar-refractivity contribution < 1.29 is 10.2 Å². The second kappa shape index (κ2) is 5.53. The summed E-state index contributed by atoms with van der Waals surface area (Å²) >= 11 is 5.66. The van der Waals surface area contributed by atoms with Crippen LogP contribution in [0.25, 0.3) is 10.4 Å². The number of aliphatic hydroxyl groups is 2. The molecular weight excluding hydrogens is 220 g/mol. The Kier molecular flexibility index (Phi) is 4.33. The van der Waals surface area contributed by atoms with Gasteiger partial charge in [0, 0.05) is 22.9 Å². The lowest BCUT2D eigenvalue weighted by molar-refractivity contribution is 0.0242. The van der Waals surface area contributed by atoms with Gasteiger partial charge in [-0.25, -0.2) is 0 Å². The van der Waals surface area contributed by atoms with Crippen LogP contribution in [0.5, 0.6) is 0 Å². The number of aliphatic hydroxyl groups excluding tert-OH is 2. The lowest BCUT2D eigenvalue weighted by Crippen LogP contribution is -2.21. The summed E-state index contributed by atoms with van der Waals surface area (Å²) in [6.07, 6.45) is 0.468. The highest BCUT2D eigenvalue weighted by Gasteiger charge is 2.17. The van der Waals surface area contributed by atoms with Gasteiger partial charge in [-0.05, 0) is 11.6 Å². The van der Waals surface area contributed by atoms with Gasteiger partial charge in [0.1, 0.15) is 6.10 Å². The van der Waals surface area contributed by atoms with Gasteiger partial charge < -0.3 is 10.2 Å². The van der Waals surface area contributed by atoms with Gasteiger partial charge in [0.15, 0.2) is 0 Å². The topological polar surface area (TPSA) is 102 Å². The molecule has 0 aliphatic carbocycles. The van der Waals surface area contributed by atoms with E-state index in [0.29, 0.717) is 10.6 Å². The van der Waals surface area contributed by atoms with E-state index < -0.39 is 12.2 Å². The van der Waals surface area contributed by atoms with Crippen molar-refractivity contribution in [3.05, 3.63) is 39.5 Å². The summed E-state index contributed by atoms with van der Waals surface area (Å²) in [6, 6.07) is 1.48. The van der Waals surface area contributed by atoms with Gasteiger partial charge in [-0.1, -0.05) is 16.7 Å². The van der Waals surface area contributed by atoms with Crippen molar-refractivity contribution in [3.8, 4) is 0 Å². The zero-order valence-electron chi connectivity index (χ0n) is 7.66. The maximum absolute atomic E-state index is 9.61. The lowest BCUT2D eigenvalue weighted by Gasteiger charge is -2.15. The van der Waals surface area contributed by atoms with Gasteiger partial charge in [0.2, 0.25) is 0 Å². The summed E-state index contributed by atoms with van der Waals surface area (Å²) in [5, 5.41) is 22.5. The molecule has 0 fully saturated rings. The molecule has 0 spiro atoms. The molecule has 0 radical (unpaired) electrons. The van der Waals surface area contributed by atoms with Crippen molar-refractivity contribution in [2.45, 2.75) is 12.2 Å². The van der Waals surface area contributed by atoms with E-state index in [1.54, 1.807) is 0 Å². The predicted molar refractivity (Wildman–Crippen MR) is 54.2 cm³/mol. The Balaban J connectivity index is 2.75. The van der Waals surface area contributed by atoms with Gasteiger partial charge in [0.05, 0.1) is 17.7 Å². The minimum Gasteiger partial charge on any atom is -0.390 e. The SMILES string of the molecule is [N-]=[N+]=NCC(O)C(O)c1cncc(Cl)c1. The maximum atomic E-state index is 9.61. The summed E-state index contributed by atoms with van der Waals surface area (Å²) in [4.78, 5) is 6.24. The minimum atomic E-state index is -1.17. The average Bonchev–Trinajstić information content (AvgIpc) is 2.24. The molecule has 2 atom stereocenters. The van der Waals surface area contributed by atoms with E-state index in [1.165, 1.54) is 18.5 Å². The first-order valence-electron chi connectivity index (χ1n) is 4.12. The first-order chi connectivity index (χ1) is 7.15. The molecule has 80 valence electrons. The minimum absolute atomic E-state index is 0.204. The molecule has 15 heavy (non-hydrogen) atoms. The highest BCUT2D eigenvalue weighted by molar-refractivity contribution is 6.30. The third-order valence-electron chi connectivity index (χ3n) is 1.76. The molecule has 2 N–H and O–H groups in total. The van der Waals surface area contributed by atoms with Crippen LogP contribution in [0.1, 0.15) is 11.7 Å². The molecule has 6 nitrogen and oxygen atoms in total. The Labute approximate surface area is 90.8 Å². The van der Waals surface area contributed by atoms with Crippen molar-refractivity contribution in [2.24, 2.45) is 5.11 Å². The number of rotatable bonds is 4. The smallest absolute Gasteiger partial charge is 0.107 e. The molecule has 0 amide bonds. The average molecular weight is 229 g/mol. The van der Waals surface area contributed by atoms with Crippen LogP contribution in [0.2, 0.25) is 5.02 Å². The fourth-order valence-electron chi connectivity index (χ4n) is 1.03. The predicted octanol–water partition coefficient (Wildman–Crippen LogP) is 1.44. The fourth-order valence-corrected chi connectivity index (χ4v) is 1.21. The molecule has 0 aliphatic rings. The zero-order chi connectivity index (χ0) is 11.3. The van der Waals surface area contributed by atoms with Gasteiger partial charge >= 0.3 is 0 Å². The largest absolute Gasteiger partial charge is 0.390 e. The second-order valence-electron chi connectivity index (χ2n) is 2.86. The molecular formula is C8H9ClN4O2. The molecule has 1 aromatic heterocycles. The van der Waals surface area contributed by atoms with Gasteiger partial charge in [-0.3, -0.25) is 4.98 Å². The van der Waals surface area contributed by atoms with E-state index in [0.717, 1.165) is 0 Å². The summed E-state index contributed by atoms with van der Waals surface area (Å²) in [5.41, 5.74) is 8.42. The van der Waals surface area contributed by atoms with Gasteiger partial charge in [0.25, 0.3) is 0 Å². The summed E-state index contributed by atoms with van der Waals surface area (Å²) in [7, 11) is 0. The highest BCUT2D eigenvalue weighted by atomic mass is 35.5. The molecule has 0 bridgehead atoms. The molecule has 0 aromatic carbocycles. The van der Waals surface area contributed by atoms with Crippen LogP contribution in [0.4, 0.5) is 0 Å². The quantitative estimate of drug-likeness (QED) is 0.463. The zero-order valence-corrected chi connectivity index (χ0v) is 8.41. The third-order valence-corrected chi connectivity index (χ3v) is 1.97. The van der Waals surface area contributed by atoms with Crippen molar-refractivity contribution in [1.82, 2.24) is 4.98 Å². The van der Waals surface area contributed by atoms with Crippen molar-refractivity contribution in [3.63, 3.8) is 0 Å². The van der Waals surface area contributed by atoms with Crippen LogP contribution in [0.15, 0.2) is 23.6 Å². The number of azide groups is 1. The molecule has 2 unspecified atom stereocenters. The number of hydrogen-bond donors (Lipinski definition) is 2. The van der Waals surface area contributed by atoms with Crippen molar-refractivity contribution in [2.75, 3.05) is 6.54 Å². The van der Waals surface area contributed by atoms with Crippen LogP contribution in [0.3, 0.4) is 0 Å². The Morgan fingerprint density at radius 3 is 2.87 bits per heavy atom. The standard InChI is InChI=1S/C8H9ClN4O2/c9-6-1-5(2-11-3-6)8(15)7(14)4-12-13-10/h1-3,7-8,14-15H,4H2. The second-order valence-corrected chi connectivity index (χ2v) is 3.30. The third kappa shape index (κ3) is 3.38. The fraction of sp³-hybridized carbons (Fsp3) is 0.375. The molecule has 0 aliphatic heterocycles. The number of pyridine rings is 1. The summed E-state index contributed by atoms with van der Waals surface area (Å²) in [6.45, 7) is -0.204. The van der Waals surface area contributed by atoms with Gasteiger partial charge in [-0.2, -0.15) is 0 Å². The van der Waals surface area contributed by atoms with Gasteiger partial charge in [-0.15, -0.1) is 0 Å². The van der Waals surface area contributed by atoms with E-state index in [9.17, 15) is 10.2 Å². The van der Waals surface area contributed by atoms with E-state index in [-0.39, 0.29) is 6.54 Å². The molecule has 0 saturated heterocycles. The summed E-state index contributed by atoms with van der Waals surface area (Å²) in [5.74, 6) is 0. The monoisotopic (exact) mass is 228 g/mol. The number of halogens is 1. The van der Waals surface area contributed by atoms with Crippen LogP contribution in [0, 0.1) is 0 Å². The Bertz CT molecular complexity index is 381. The Morgan fingerprint density at radius 2 is 2.27 bits per heavy atom. The molecule has 1 rings (SSSR count). The van der Waals surface area contributed by atoms with E-state index in [4.69, 9.17) is 17.1 Å². The first-order valence-corrected chi connectivity index (χ1v) is 4.50. The normalized spacial score (nSPS) is 14.1. The Morgan fingerprint density at radius 1 is 1.53 bits per heavy atom. The van der Waals surface area contributed by atoms with Crippen molar-refractivity contribution >= 4 is 11.6 Å². The maximum Gasteiger partial charge on any atom is 0.107 e.